The number of carbonyl (C=O) groups excluding carboxylic acids is 5. The number of H-pyrrole nitrogens is 1. The van der Waals surface area contributed by atoms with Crippen molar-refractivity contribution in [2.24, 2.45) is 5.92 Å². The molecule has 3 aromatic carbocycles. The number of fused-ring (bicyclic) bond motifs is 1. The Morgan fingerprint density at radius 2 is 1.60 bits per heavy atom. The van der Waals surface area contributed by atoms with Gasteiger partial charge in [-0.1, -0.05) is 25.1 Å². The van der Waals surface area contributed by atoms with Crippen molar-refractivity contribution in [3.8, 4) is 11.5 Å². The number of ketones is 1. The molecular formula is C35H35F5N4O8. The molecule has 1 saturated heterocycles. The van der Waals surface area contributed by atoms with E-state index in [0.717, 1.165) is 12.5 Å². The molecule has 52 heavy (non-hydrogen) atoms. The molecule has 4 amide bonds. The van der Waals surface area contributed by atoms with E-state index in [1.54, 1.807) is 37.3 Å². The Morgan fingerprint density at radius 3 is 2.10 bits per heavy atom. The van der Waals surface area contributed by atoms with E-state index >= 15 is 0 Å². The largest absolute Gasteiger partial charge is 0.496 e. The van der Waals surface area contributed by atoms with Gasteiger partial charge in [0.1, 0.15) is 23.9 Å². The summed E-state index contributed by atoms with van der Waals surface area (Å²) in [6.07, 6.45) is -1.47. The van der Waals surface area contributed by atoms with Crippen LogP contribution in [0.25, 0.3) is 10.9 Å². The molecule has 278 valence electrons. The van der Waals surface area contributed by atoms with Gasteiger partial charge in [-0.3, -0.25) is 29.3 Å². The van der Waals surface area contributed by atoms with Crippen molar-refractivity contribution in [2.45, 2.75) is 33.3 Å². The van der Waals surface area contributed by atoms with Gasteiger partial charge in [-0.05, 0) is 49.7 Å². The second kappa shape index (κ2) is 18.4. The molecule has 1 aliphatic rings. The van der Waals surface area contributed by atoms with Crippen LogP contribution in [0.3, 0.4) is 0 Å². The van der Waals surface area contributed by atoms with Crippen LogP contribution in [0.2, 0.25) is 0 Å². The van der Waals surface area contributed by atoms with Crippen LogP contribution in [0.4, 0.5) is 22.0 Å². The summed E-state index contributed by atoms with van der Waals surface area (Å²) in [4.78, 5) is 59.8. The van der Waals surface area contributed by atoms with Gasteiger partial charge in [0.2, 0.25) is 29.4 Å². The lowest BCUT2D eigenvalue weighted by atomic mass is 10.1. The van der Waals surface area contributed by atoms with Crippen molar-refractivity contribution >= 4 is 40.3 Å². The van der Waals surface area contributed by atoms with Gasteiger partial charge in [-0.2, -0.15) is 8.78 Å². The average molecular weight is 735 g/mol. The number of aliphatic hydroxyl groups is 1. The molecule has 17 heteroatoms. The summed E-state index contributed by atoms with van der Waals surface area (Å²) in [5.74, 6) is -11.3. The smallest absolute Gasteiger partial charge is 0.268 e. The molecule has 0 radical (unpaired) electrons. The Bertz CT molecular complexity index is 1920. The molecule has 12 nitrogen and oxygen atoms in total. The van der Waals surface area contributed by atoms with Gasteiger partial charge in [0.15, 0.2) is 23.2 Å². The van der Waals surface area contributed by atoms with Crippen molar-refractivity contribution in [2.75, 3.05) is 26.8 Å². The maximum absolute atomic E-state index is 14.0. The normalized spacial score (nSPS) is 13.9. The number of amides is 4. The summed E-state index contributed by atoms with van der Waals surface area (Å²) in [6, 6.07) is 13.2. The first-order valence-corrected chi connectivity index (χ1v) is 15.5. The Balaban J connectivity index is 0.000000370. The minimum absolute atomic E-state index is 0.109. The molecule has 1 fully saturated rings. The highest BCUT2D eigenvalue weighted by Crippen LogP contribution is 2.33. The lowest BCUT2D eigenvalue weighted by Crippen LogP contribution is -2.40. The number of aromatic nitrogens is 1. The standard InChI is InChI=1S/C23H21F4N3O6.C7H7F.C5H7NO2/c1-10(31)17-18(24)20(26)22(21(27)19(17)25)36-9-11(32)7-28-16(33)8-29-23(34)14-6-12-13(30-14)4-3-5-15(12)35-2;1-6-3-2-4-7(8)5-6;1-3-2-4(7)6-5(3)8/h3-6,10,30-31H,7-9H2,1-2H3,(H,28,33)(H,29,34);2-5H,1H3;3H,2H2,1H3,(H,6,7,8). The summed E-state index contributed by atoms with van der Waals surface area (Å²) < 4.78 is 77.8. The highest BCUT2D eigenvalue weighted by Gasteiger charge is 2.29. The number of ether oxygens (including phenoxy) is 2. The first kappa shape index (κ1) is 40.6. The van der Waals surface area contributed by atoms with Gasteiger partial charge < -0.3 is 30.2 Å². The molecular weight excluding hydrogens is 699 g/mol. The number of aromatic amines is 1. The molecule has 5 N–H and O–H groups in total. The topological polar surface area (TPSA) is 176 Å². The van der Waals surface area contributed by atoms with Crippen LogP contribution in [0.5, 0.6) is 11.5 Å². The Morgan fingerprint density at radius 1 is 0.942 bits per heavy atom. The van der Waals surface area contributed by atoms with Crippen molar-refractivity contribution in [3.05, 3.63) is 94.4 Å². The van der Waals surface area contributed by atoms with Crippen molar-refractivity contribution in [3.63, 3.8) is 0 Å². The van der Waals surface area contributed by atoms with Crippen molar-refractivity contribution < 1.29 is 60.5 Å². The molecule has 0 bridgehead atoms. The van der Waals surface area contributed by atoms with Crippen LogP contribution in [0, 0.1) is 41.9 Å². The van der Waals surface area contributed by atoms with Gasteiger partial charge in [0.05, 0.1) is 31.9 Å². The number of rotatable bonds is 10. The predicted molar refractivity (Wildman–Crippen MR) is 176 cm³/mol. The summed E-state index contributed by atoms with van der Waals surface area (Å²) in [5, 5.41) is 16.6. The van der Waals surface area contributed by atoms with Crippen molar-refractivity contribution in [1.82, 2.24) is 20.9 Å². The Hall–Kier alpha value is -5.84. The van der Waals surface area contributed by atoms with E-state index in [0.29, 0.717) is 23.1 Å². The summed E-state index contributed by atoms with van der Waals surface area (Å²) >= 11 is 0. The lowest BCUT2D eigenvalue weighted by molar-refractivity contribution is -0.125. The molecule has 2 heterocycles. The van der Waals surface area contributed by atoms with Crippen LogP contribution >= 0.6 is 0 Å². The maximum atomic E-state index is 14.0. The van der Waals surface area contributed by atoms with E-state index in [1.165, 1.54) is 19.2 Å². The first-order valence-electron chi connectivity index (χ1n) is 15.5. The molecule has 0 spiro atoms. The third-order valence-electron chi connectivity index (χ3n) is 7.22. The third kappa shape index (κ3) is 10.8. The zero-order valence-electron chi connectivity index (χ0n) is 28.3. The highest BCUT2D eigenvalue weighted by molar-refractivity contribution is 6.03. The minimum atomic E-state index is -1.92. The molecule has 2 atom stereocenters. The highest BCUT2D eigenvalue weighted by atomic mass is 19.2. The van der Waals surface area contributed by atoms with Crippen LogP contribution < -0.4 is 25.4 Å². The number of hydrogen-bond acceptors (Lipinski definition) is 8. The minimum Gasteiger partial charge on any atom is -0.496 e. The maximum Gasteiger partial charge on any atom is 0.268 e. The number of aryl methyl sites for hydroxylation is 1. The fraction of sp³-hybridized carbons (Fsp3) is 0.286. The summed E-state index contributed by atoms with van der Waals surface area (Å²) in [5.41, 5.74) is 0.550. The fourth-order valence-corrected chi connectivity index (χ4v) is 4.56. The number of benzene rings is 3. The monoisotopic (exact) mass is 734 g/mol. The van der Waals surface area contributed by atoms with Crippen molar-refractivity contribution in [1.29, 1.82) is 0 Å². The Kier molecular flexibility index (Phi) is 14.4. The zero-order chi connectivity index (χ0) is 38.7. The number of methoxy groups -OCH3 is 1. The number of hydrogen-bond donors (Lipinski definition) is 5. The van der Waals surface area contributed by atoms with E-state index in [-0.39, 0.29) is 29.2 Å². The molecule has 0 aliphatic carbocycles. The van der Waals surface area contributed by atoms with Gasteiger partial charge >= 0.3 is 0 Å². The number of imide groups is 1. The molecule has 0 saturated carbocycles. The molecule has 1 aromatic heterocycles. The van der Waals surface area contributed by atoms with Gasteiger partial charge in [-0.25, -0.2) is 13.2 Å². The second-order valence-corrected chi connectivity index (χ2v) is 11.4. The predicted octanol–water partition coefficient (Wildman–Crippen LogP) is 4.08. The molecule has 2 unspecified atom stereocenters. The summed E-state index contributed by atoms with van der Waals surface area (Å²) in [6.45, 7) is 2.33. The Labute approximate surface area is 293 Å². The van der Waals surface area contributed by atoms with Crippen LogP contribution in [-0.2, 0) is 19.2 Å². The van der Waals surface area contributed by atoms with Gasteiger partial charge in [-0.15, -0.1) is 0 Å². The van der Waals surface area contributed by atoms with Crippen LogP contribution in [0.15, 0.2) is 48.5 Å². The van der Waals surface area contributed by atoms with E-state index in [9.17, 15) is 51.0 Å². The average Bonchev–Trinajstić information content (AvgIpc) is 3.66. The molecule has 1 aliphatic heterocycles. The number of nitrogens with one attached hydrogen (secondary N) is 4. The van der Waals surface area contributed by atoms with Gasteiger partial charge in [0.25, 0.3) is 5.91 Å². The van der Waals surface area contributed by atoms with E-state index in [1.807, 2.05) is 13.0 Å². The van der Waals surface area contributed by atoms with Gasteiger partial charge in [0, 0.05) is 23.2 Å². The third-order valence-corrected chi connectivity index (χ3v) is 7.22. The zero-order valence-corrected chi connectivity index (χ0v) is 28.3. The summed E-state index contributed by atoms with van der Waals surface area (Å²) in [7, 11) is 1.48. The lowest BCUT2D eigenvalue weighted by Gasteiger charge is -2.14. The van der Waals surface area contributed by atoms with Crippen LogP contribution in [0.1, 0.15) is 48.0 Å². The number of Topliss-reactive ketones (excluding diaryl/α,β-unsaturated/α-hetero) is 1. The number of halogens is 5. The molecule has 5 rings (SSSR count). The number of carbonyl (C=O) groups is 5. The quantitative estimate of drug-likeness (QED) is 0.0920. The SMILES string of the molecule is CC1CC(=O)NC1=O.COc1cccc2[nH]c(C(=O)NCC(=O)NCC(=O)COc3c(F)c(F)c(C(C)O)c(F)c3F)cc12.Cc1cccc(F)c1. The molecule has 4 aromatic rings. The fourth-order valence-electron chi connectivity index (χ4n) is 4.56. The van der Waals surface area contributed by atoms with E-state index in [2.05, 4.69) is 25.7 Å². The van der Waals surface area contributed by atoms with Crippen LogP contribution in [-0.4, -0.2) is 66.3 Å². The van der Waals surface area contributed by atoms with E-state index < -0.39 is 78.0 Å². The van der Waals surface area contributed by atoms with E-state index in [4.69, 9.17) is 4.74 Å². The second-order valence-electron chi connectivity index (χ2n) is 11.4. The first-order chi connectivity index (χ1) is 24.5. The number of aliphatic hydroxyl groups excluding tert-OH is 1.